The maximum Gasteiger partial charge on any atom is 0.120 e. The summed E-state index contributed by atoms with van der Waals surface area (Å²) < 4.78 is 17.5. The highest BCUT2D eigenvalue weighted by Crippen LogP contribution is 2.23. The number of benzene rings is 1. The van der Waals surface area contributed by atoms with Crippen molar-refractivity contribution in [3.05, 3.63) is 18.2 Å². The highest BCUT2D eigenvalue weighted by Gasteiger charge is 2.09. The summed E-state index contributed by atoms with van der Waals surface area (Å²) in [6.45, 7) is 4.66. The summed E-state index contributed by atoms with van der Waals surface area (Å²) in [6.07, 6.45) is 3.21. The summed E-state index contributed by atoms with van der Waals surface area (Å²) in [5.74, 6) is 1.41. The van der Waals surface area contributed by atoms with Gasteiger partial charge in [0.15, 0.2) is 0 Å². The van der Waals surface area contributed by atoms with Gasteiger partial charge in [0.2, 0.25) is 0 Å². The molecule has 0 fully saturated rings. The minimum absolute atomic E-state index is 0.586. The maximum absolute atomic E-state index is 12.1. The van der Waals surface area contributed by atoms with Crippen LogP contribution in [0.2, 0.25) is 0 Å². The minimum atomic E-state index is -1.02. The molecule has 1 aromatic carbocycles. The smallest absolute Gasteiger partial charge is 0.120 e. The van der Waals surface area contributed by atoms with Crippen LogP contribution in [0.4, 0.5) is 5.69 Å². The van der Waals surface area contributed by atoms with E-state index in [-0.39, 0.29) is 0 Å². The Labute approximate surface area is 106 Å². The van der Waals surface area contributed by atoms with Crippen molar-refractivity contribution in [3.8, 4) is 5.75 Å². The molecule has 0 aliphatic heterocycles. The van der Waals surface area contributed by atoms with Crippen molar-refractivity contribution in [1.29, 1.82) is 0 Å². The molecule has 0 aromatic heterocycles. The molecule has 2 N–H and O–H groups in total. The normalized spacial score (nSPS) is 12.4. The summed E-state index contributed by atoms with van der Waals surface area (Å²) in [6, 6.07) is 5.37. The second-order valence-electron chi connectivity index (χ2n) is 3.89. The van der Waals surface area contributed by atoms with Gasteiger partial charge in [-0.3, -0.25) is 4.21 Å². The molecule has 1 atom stereocenters. The van der Waals surface area contributed by atoms with Crippen LogP contribution in [0, 0.1) is 0 Å². The van der Waals surface area contributed by atoms with Crippen LogP contribution < -0.4 is 10.5 Å². The maximum atomic E-state index is 12.1. The van der Waals surface area contributed by atoms with E-state index >= 15 is 0 Å². The molecule has 0 aliphatic rings. The van der Waals surface area contributed by atoms with Gasteiger partial charge in [0.25, 0.3) is 0 Å². The molecule has 96 valence electrons. The number of nitrogen functional groups attached to an aromatic ring is 1. The zero-order valence-electron chi connectivity index (χ0n) is 10.6. The van der Waals surface area contributed by atoms with Crippen molar-refractivity contribution in [3.63, 3.8) is 0 Å². The number of hydrogen-bond donors (Lipinski definition) is 1. The summed E-state index contributed by atoms with van der Waals surface area (Å²) in [5, 5.41) is 0. The van der Waals surface area contributed by atoms with Gasteiger partial charge in [-0.25, -0.2) is 0 Å². The van der Waals surface area contributed by atoms with Crippen LogP contribution in [0.25, 0.3) is 0 Å². The third-order valence-electron chi connectivity index (χ3n) is 2.47. The fraction of sp³-hybridized carbons (Fsp3) is 0.538. The third-order valence-corrected chi connectivity index (χ3v) is 3.98. The van der Waals surface area contributed by atoms with Gasteiger partial charge < -0.3 is 10.5 Å². The van der Waals surface area contributed by atoms with Gasteiger partial charge in [0.1, 0.15) is 5.75 Å². The molecule has 0 spiro atoms. The highest BCUT2D eigenvalue weighted by atomic mass is 32.2. The van der Waals surface area contributed by atoms with Gasteiger partial charge in [0.05, 0.1) is 22.3 Å². The number of ether oxygens (including phenoxy) is 1. The van der Waals surface area contributed by atoms with Crippen LogP contribution >= 0.6 is 0 Å². The van der Waals surface area contributed by atoms with Crippen LogP contribution in [0.3, 0.4) is 0 Å². The van der Waals surface area contributed by atoms with E-state index in [1.54, 1.807) is 12.1 Å². The first-order valence-corrected chi connectivity index (χ1v) is 7.41. The largest absolute Gasteiger partial charge is 0.494 e. The van der Waals surface area contributed by atoms with Gasteiger partial charge in [-0.1, -0.05) is 19.8 Å². The van der Waals surface area contributed by atoms with E-state index in [9.17, 15) is 4.21 Å². The topological polar surface area (TPSA) is 52.3 Å². The lowest BCUT2D eigenvalue weighted by molar-refractivity contribution is 0.339. The van der Waals surface area contributed by atoms with Gasteiger partial charge in [-0.05, 0) is 31.5 Å². The van der Waals surface area contributed by atoms with Crippen LogP contribution in [-0.4, -0.2) is 16.6 Å². The third kappa shape index (κ3) is 4.38. The average Bonchev–Trinajstić information content (AvgIpc) is 2.32. The molecule has 0 bridgehead atoms. The van der Waals surface area contributed by atoms with E-state index in [2.05, 4.69) is 6.92 Å². The first-order valence-electron chi connectivity index (χ1n) is 6.09. The molecule has 1 aromatic rings. The molecule has 0 saturated carbocycles. The van der Waals surface area contributed by atoms with E-state index in [0.29, 0.717) is 22.9 Å². The van der Waals surface area contributed by atoms with Gasteiger partial charge >= 0.3 is 0 Å². The van der Waals surface area contributed by atoms with E-state index in [1.165, 1.54) is 0 Å². The molecule has 17 heavy (non-hydrogen) atoms. The Balaban J connectivity index is 2.73. The minimum Gasteiger partial charge on any atom is -0.494 e. The van der Waals surface area contributed by atoms with Crippen molar-refractivity contribution in [2.75, 3.05) is 18.1 Å². The van der Waals surface area contributed by atoms with E-state index in [1.807, 2.05) is 13.0 Å². The summed E-state index contributed by atoms with van der Waals surface area (Å²) in [7, 11) is -1.02. The molecule has 0 saturated heterocycles. The molecule has 0 heterocycles. The Morgan fingerprint density at radius 1 is 1.29 bits per heavy atom. The molecule has 3 nitrogen and oxygen atoms in total. The summed E-state index contributed by atoms with van der Waals surface area (Å²) >= 11 is 0. The fourth-order valence-corrected chi connectivity index (χ4v) is 2.83. The molecule has 0 aliphatic carbocycles. The van der Waals surface area contributed by atoms with Crippen LogP contribution in [0.1, 0.15) is 33.1 Å². The lowest BCUT2D eigenvalue weighted by atomic mass is 10.3. The van der Waals surface area contributed by atoms with Crippen molar-refractivity contribution < 1.29 is 8.95 Å². The second kappa shape index (κ2) is 7.33. The number of hydrogen-bond acceptors (Lipinski definition) is 3. The van der Waals surface area contributed by atoms with Crippen LogP contribution in [0.5, 0.6) is 5.75 Å². The number of anilines is 1. The molecule has 0 radical (unpaired) electrons. The summed E-state index contributed by atoms with van der Waals surface area (Å²) in [5.41, 5.74) is 6.43. The molecular weight excluding hydrogens is 234 g/mol. The predicted octanol–water partition coefficient (Wildman–Crippen LogP) is 2.97. The number of unbranched alkanes of at least 4 members (excludes halogenated alkanes) is 2. The second-order valence-corrected chi connectivity index (χ2v) is 5.43. The number of nitrogens with two attached hydrogens (primary N) is 1. The standard InChI is InChI=1S/C13H21NO2S/c1-3-5-6-9-17(15)13-10-11(16-4-2)7-8-12(13)14/h7-8,10H,3-6,9,14H2,1-2H3. The quantitative estimate of drug-likeness (QED) is 0.602. The molecule has 1 rings (SSSR count). The molecular formula is C13H21NO2S. The lowest BCUT2D eigenvalue weighted by Crippen LogP contribution is -2.03. The van der Waals surface area contributed by atoms with Crippen molar-refractivity contribution in [2.24, 2.45) is 0 Å². The fourth-order valence-electron chi connectivity index (χ4n) is 1.56. The van der Waals surface area contributed by atoms with Crippen molar-refractivity contribution in [2.45, 2.75) is 38.0 Å². The predicted molar refractivity (Wildman–Crippen MR) is 72.8 cm³/mol. The Hall–Kier alpha value is -1.03. The SMILES string of the molecule is CCCCCS(=O)c1cc(OCC)ccc1N. The van der Waals surface area contributed by atoms with Crippen LogP contribution in [0.15, 0.2) is 23.1 Å². The van der Waals surface area contributed by atoms with E-state index < -0.39 is 10.8 Å². The average molecular weight is 255 g/mol. The van der Waals surface area contributed by atoms with Gasteiger partial charge in [-0.15, -0.1) is 0 Å². The van der Waals surface area contributed by atoms with Crippen LogP contribution in [-0.2, 0) is 10.8 Å². The first kappa shape index (κ1) is 14.0. The highest BCUT2D eigenvalue weighted by molar-refractivity contribution is 7.85. The Morgan fingerprint density at radius 2 is 2.06 bits per heavy atom. The molecule has 0 amide bonds. The first-order chi connectivity index (χ1) is 8.19. The zero-order valence-corrected chi connectivity index (χ0v) is 11.4. The lowest BCUT2D eigenvalue weighted by Gasteiger charge is -2.09. The summed E-state index contributed by atoms with van der Waals surface area (Å²) in [4.78, 5) is 0.701. The van der Waals surface area contributed by atoms with Crippen molar-refractivity contribution in [1.82, 2.24) is 0 Å². The molecule has 4 heteroatoms. The Kier molecular flexibility index (Phi) is 6.05. The monoisotopic (exact) mass is 255 g/mol. The molecule has 1 unspecified atom stereocenters. The van der Waals surface area contributed by atoms with Gasteiger partial charge in [0, 0.05) is 11.4 Å². The Bertz CT molecular complexity index is 380. The number of rotatable bonds is 7. The van der Waals surface area contributed by atoms with Gasteiger partial charge in [-0.2, -0.15) is 0 Å². The van der Waals surface area contributed by atoms with E-state index in [0.717, 1.165) is 25.0 Å². The zero-order chi connectivity index (χ0) is 12.7. The Morgan fingerprint density at radius 3 is 2.71 bits per heavy atom. The van der Waals surface area contributed by atoms with Crippen molar-refractivity contribution >= 4 is 16.5 Å². The van der Waals surface area contributed by atoms with E-state index in [4.69, 9.17) is 10.5 Å².